The molecule has 1 saturated heterocycles. The maximum absolute atomic E-state index is 12.6. The van der Waals surface area contributed by atoms with Crippen molar-refractivity contribution in [2.24, 2.45) is 4.99 Å². The zero-order chi connectivity index (χ0) is 19.3. The van der Waals surface area contributed by atoms with Crippen molar-refractivity contribution < 1.29 is 43.1 Å². The van der Waals surface area contributed by atoms with E-state index in [1.165, 1.54) is 0 Å². The molecule has 5 atom stereocenters. The van der Waals surface area contributed by atoms with E-state index >= 15 is 0 Å². The Morgan fingerprint density at radius 3 is 2.31 bits per heavy atom. The molecule has 0 radical (unpaired) electrons. The molecule has 1 aromatic rings. The average Bonchev–Trinajstić information content (AvgIpc) is 2.93. The van der Waals surface area contributed by atoms with Crippen molar-refractivity contribution in [2.75, 3.05) is 6.61 Å². The summed E-state index contributed by atoms with van der Waals surface area (Å²) in [6.07, 6.45) is -11.4. The van der Waals surface area contributed by atoms with Crippen LogP contribution < -0.4 is 5.32 Å². The van der Waals surface area contributed by atoms with Crippen LogP contribution >= 0.6 is 0 Å². The van der Waals surface area contributed by atoms with Crippen molar-refractivity contribution in [2.45, 2.75) is 36.3 Å². The van der Waals surface area contributed by atoms with E-state index in [1.54, 1.807) is 0 Å². The first-order chi connectivity index (χ1) is 12.1. The SMILES string of the molecule is O=C1NC(c2ccc(C(F)(F)F)cc2)=N[C@@]12O[C@H](CO)[C@@H](O)[C@H](O)[C@H]2O. The summed E-state index contributed by atoms with van der Waals surface area (Å²) < 4.78 is 43.1. The van der Waals surface area contributed by atoms with Gasteiger partial charge in [0.05, 0.1) is 12.2 Å². The Labute approximate surface area is 144 Å². The van der Waals surface area contributed by atoms with Crippen LogP contribution in [0.1, 0.15) is 11.1 Å². The number of nitrogens with zero attached hydrogens (tertiary/aromatic N) is 1. The van der Waals surface area contributed by atoms with E-state index in [0.717, 1.165) is 24.3 Å². The standard InChI is InChI=1S/C15H15F3N2O6/c16-15(17,18)7-3-1-6(2-4-7)12-19-13(25)14(20-12)11(24)10(23)9(22)8(5-21)26-14/h1-4,8-11,21-24H,5H2,(H,19,20,25)/t8-,9-,10+,11-,14+/m1/s1. The highest BCUT2D eigenvalue weighted by atomic mass is 19.4. The summed E-state index contributed by atoms with van der Waals surface area (Å²) >= 11 is 0. The third-order valence-electron chi connectivity index (χ3n) is 4.29. The van der Waals surface area contributed by atoms with Gasteiger partial charge >= 0.3 is 6.18 Å². The first-order valence-corrected chi connectivity index (χ1v) is 7.52. The number of benzene rings is 1. The number of ether oxygens (including phenoxy) is 1. The minimum absolute atomic E-state index is 0.111. The highest BCUT2D eigenvalue weighted by Crippen LogP contribution is 2.35. The molecule has 142 valence electrons. The molecular formula is C15H15F3N2O6. The third-order valence-corrected chi connectivity index (χ3v) is 4.29. The van der Waals surface area contributed by atoms with Crippen molar-refractivity contribution in [1.82, 2.24) is 5.32 Å². The highest BCUT2D eigenvalue weighted by molar-refractivity contribution is 6.15. The number of aliphatic imine (C=N–C) groups is 1. The summed E-state index contributed by atoms with van der Waals surface area (Å²) in [4.78, 5) is 16.2. The summed E-state index contributed by atoms with van der Waals surface area (Å²) in [5.74, 6) is -1.16. The predicted octanol–water partition coefficient (Wildman–Crippen LogP) is -1.25. The largest absolute Gasteiger partial charge is 0.416 e. The molecule has 0 aromatic heterocycles. The summed E-state index contributed by atoms with van der Waals surface area (Å²) in [5.41, 5.74) is -3.11. The summed E-state index contributed by atoms with van der Waals surface area (Å²) in [6, 6.07) is 3.74. The minimum Gasteiger partial charge on any atom is -0.394 e. The molecule has 11 heteroatoms. The Balaban J connectivity index is 1.95. The number of aliphatic hydroxyl groups excluding tert-OH is 4. The second-order valence-corrected chi connectivity index (χ2v) is 5.95. The Morgan fingerprint density at radius 1 is 1.15 bits per heavy atom. The van der Waals surface area contributed by atoms with Gasteiger partial charge in [0.25, 0.3) is 11.6 Å². The van der Waals surface area contributed by atoms with Crippen LogP contribution in [0.4, 0.5) is 13.2 Å². The Morgan fingerprint density at radius 2 is 1.77 bits per heavy atom. The molecule has 2 heterocycles. The fraction of sp³-hybridized carbons (Fsp3) is 0.467. The van der Waals surface area contributed by atoms with Gasteiger partial charge in [0.1, 0.15) is 30.3 Å². The van der Waals surface area contributed by atoms with E-state index in [2.05, 4.69) is 10.3 Å². The van der Waals surface area contributed by atoms with Gasteiger partial charge in [-0.25, -0.2) is 4.99 Å². The zero-order valence-corrected chi connectivity index (χ0v) is 13.0. The number of halogens is 3. The lowest BCUT2D eigenvalue weighted by atomic mass is 9.91. The second kappa shape index (κ2) is 6.28. The lowest BCUT2D eigenvalue weighted by Crippen LogP contribution is -2.67. The van der Waals surface area contributed by atoms with Gasteiger partial charge in [-0.15, -0.1) is 0 Å². The molecule has 1 fully saturated rings. The third kappa shape index (κ3) is 2.87. The summed E-state index contributed by atoms with van der Waals surface area (Å²) in [7, 11) is 0. The van der Waals surface area contributed by atoms with Gasteiger partial charge in [0, 0.05) is 5.56 Å². The number of amides is 1. The lowest BCUT2D eigenvalue weighted by Gasteiger charge is -2.43. The monoisotopic (exact) mass is 376 g/mol. The van der Waals surface area contributed by atoms with Gasteiger partial charge in [0.15, 0.2) is 0 Å². The summed E-state index contributed by atoms with van der Waals surface area (Å²) in [5, 5.41) is 41.3. The average molecular weight is 376 g/mol. The van der Waals surface area contributed by atoms with Crippen molar-refractivity contribution in [3.05, 3.63) is 35.4 Å². The fourth-order valence-corrected chi connectivity index (χ4v) is 2.83. The van der Waals surface area contributed by atoms with Crippen LogP contribution in [0.5, 0.6) is 0 Å². The minimum atomic E-state index is -4.53. The predicted molar refractivity (Wildman–Crippen MR) is 78.8 cm³/mol. The molecule has 0 aliphatic carbocycles. The first kappa shape index (κ1) is 18.7. The number of amidine groups is 1. The molecule has 1 spiro atoms. The van der Waals surface area contributed by atoms with E-state index in [4.69, 9.17) is 4.74 Å². The lowest BCUT2D eigenvalue weighted by molar-refractivity contribution is -0.261. The number of carbonyl (C=O) groups is 1. The molecule has 26 heavy (non-hydrogen) atoms. The van der Waals surface area contributed by atoms with E-state index < -0.39 is 54.4 Å². The van der Waals surface area contributed by atoms with E-state index in [9.17, 15) is 38.4 Å². The quantitative estimate of drug-likeness (QED) is 0.438. The highest BCUT2D eigenvalue weighted by Gasteiger charge is 2.60. The van der Waals surface area contributed by atoms with E-state index in [0.29, 0.717) is 0 Å². The van der Waals surface area contributed by atoms with Crippen LogP contribution in [0.25, 0.3) is 0 Å². The van der Waals surface area contributed by atoms with Crippen LogP contribution in [0.15, 0.2) is 29.3 Å². The molecule has 0 unspecified atom stereocenters. The summed E-state index contributed by atoms with van der Waals surface area (Å²) in [6.45, 7) is -0.759. The zero-order valence-electron chi connectivity index (χ0n) is 13.0. The molecule has 1 aromatic carbocycles. The second-order valence-electron chi connectivity index (χ2n) is 5.95. The fourth-order valence-electron chi connectivity index (χ4n) is 2.83. The van der Waals surface area contributed by atoms with Crippen LogP contribution in [-0.2, 0) is 15.7 Å². The van der Waals surface area contributed by atoms with Crippen LogP contribution in [0.2, 0.25) is 0 Å². The van der Waals surface area contributed by atoms with Gasteiger partial charge in [-0.05, 0) is 12.1 Å². The Hall–Kier alpha value is -2.05. The number of aliphatic hydroxyl groups is 4. The smallest absolute Gasteiger partial charge is 0.394 e. The van der Waals surface area contributed by atoms with Gasteiger partial charge in [-0.2, -0.15) is 13.2 Å². The molecule has 0 bridgehead atoms. The number of carbonyl (C=O) groups excluding carboxylic acids is 1. The van der Waals surface area contributed by atoms with Crippen molar-refractivity contribution in [3.63, 3.8) is 0 Å². The van der Waals surface area contributed by atoms with Gasteiger partial charge < -0.3 is 30.5 Å². The molecule has 8 nitrogen and oxygen atoms in total. The maximum Gasteiger partial charge on any atom is 0.416 e. The normalized spacial score (nSPS) is 34.7. The van der Waals surface area contributed by atoms with Crippen molar-refractivity contribution >= 4 is 11.7 Å². The number of hydrogen-bond acceptors (Lipinski definition) is 7. The van der Waals surface area contributed by atoms with E-state index in [-0.39, 0.29) is 11.4 Å². The van der Waals surface area contributed by atoms with Crippen molar-refractivity contribution in [3.8, 4) is 0 Å². The molecule has 5 N–H and O–H groups in total. The number of alkyl halides is 3. The van der Waals surface area contributed by atoms with Crippen LogP contribution in [-0.4, -0.2) is 68.9 Å². The molecule has 3 rings (SSSR count). The Bertz CT molecular complexity index is 736. The molecule has 2 aliphatic rings. The van der Waals surface area contributed by atoms with Gasteiger partial charge in [0.2, 0.25) is 0 Å². The first-order valence-electron chi connectivity index (χ1n) is 7.52. The Kier molecular flexibility index (Phi) is 4.53. The van der Waals surface area contributed by atoms with Crippen molar-refractivity contribution in [1.29, 1.82) is 0 Å². The number of nitrogens with one attached hydrogen (secondary N) is 1. The maximum atomic E-state index is 12.6. The van der Waals surface area contributed by atoms with E-state index in [1.807, 2.05) is 0 Å². The van der Waals surface area contributed by atoms with Gasteiger partial charge in [-0.1, -0.05) is 12.1 Å². The molecule has 1 amide bonds. The number of hydrogen-bond donors (Lipinski definition) is 5. The number of rotatable bonds is 2. The van der Waals surface area contributed by atoms with Crippen LogP contribution in [0.3, 0.4) is 0 Å². The van der Waals surface area contributed by atoms with Gasteiger partial charge in [-0.3, -0.25) is 4.79 Å². The molecular weight excluding hydrogens is 361 g/mol. The molecule has 0 saturated carbocycles. The molecule has 2 aliphatic heterocycles. The topological polar surface area (TPSA) is 132 Å². The van der Waals surface area contributed by atoms with Crippen LogP contribution in [0, 0.1) is 0 Å².